The Hall–Kier alpha value is -0.380. The topological polar surface area (TPSA) is 54.4 Å². The zero-order valence-corrected chi connectivity index (χ0v) is 10.1. The first-order valence-electron chi connectivity index (χ1n) is 5.72. The van der Waals surface area contributed by atoms with Gasteiger partial charge in [0.2, 0.25) is 0 Å². The maximum atomic E-state index is 11.8. The van der Waals surface area contributed by atoms with Crippen LogP contribution in [0.4, 0.5) is 0 Å². The molecule has 0 amide bonds. The van der Waals surface area contributed by atoms with E-state index in [9.17, 15) is 9.00 Å². The minimum Gasteiger partial charge on any atom is -0.481 e. The fourth-order valence-corrected chi connectivity index (χ4v) is 3.83. The molecule has 0 aromatic rings. The predicted molar refractivity (Wildman–Crippen MR) is 61.3 cm³/mol. The fraction of sp³-hybridized carbons (Fsp3) is 0.909. The van der Waals surface area contributed by atoms with E-state index in [-0.39, 0.29) is 11.7 Å². The van der Waals surface area contributed by atoms with Crippen LogP contribution in [-0.4, -0.2) is 26.3 Å². The van der Waals surface area contributed by atoms with Crippen LogP contribution in [0.15, 0.2) is 0 Å². The maximum absolute atomic E-state index is 11.8. The Morgan fingerprint density at radius 3 is 2.80 bits per heavy atom. The van der Waals surface area contributed by atoms with Crippen LogP contribution in [0.25, 0.3) is 0 Å². The summed E-state index contributed by atoms with van der Waals surface area (Å²) in [7, 11) is -0.930. The highest BCUT2D eigenvalue weighted by atomic mass is 32.2. The summed E-state index contributed by atoms with van der Waals surface area (Å²) in [6.07, 6.45) is 5.66. The third-order valence-corrected chi connectivity index (χ3v) is 4.98. The van der Waals surface area contributed by atoms with Crippen molar-refractivity contribution >= 4 is 16.8 Å². The van der Waals surface area contributed by atoms with E-state index in [4.69, 9.17) is 5.11 Å². The van der Waals surface area contributed by atoms with Gasteiger partial charge in [-0.1, -0.05) is 26.2 Å². The molecule has 3 atom stereocenters. The minimum absolute atomic E-state index is 0.0416. The van der Waals surface area contributed by atoms with Crippen molar-refractivity contribution in [2.24, 2.45) is 5.92 Å². The highest BCUT2D eigenvalue weighted by molar-refractivity contribution is 7.85. The van der Waals surface area contributed by atoms with Crippen molar-refractivity contribution < 1.29 is 14.1 Å². The molecule has 0 saturated heterocycles. The van der Waals surface area contributed by atoms with Gasteiger partial charge in [-0.2, -0.15) is 0 Å². The van der Waals surface area contributed by atoms with Crippen LogP contribution in [0, 0.1) is 5.92 Å². The lowest BCUT2D eigenvalue weighted by Crippen LogP contribution is -2.26. The number of carboxylic acid groups (broad SMARTS) is 1. The molecule has 88 valence electrons. The molecule has 0 aromatic carbocycles. The largest absolute Gasteiger partial charge is 0.481 e. The summed E-state index contributed by atoms with van der Waals surface area (Å²) in [4.78, 5) is 10.4. The SMILES string of the molecule is CCC1CCCC(S(=O)CCC(=O)O)C1. The van der Waals surface area contributed by atoms with Gasteiger partial charge in [0.15, 0.2) is 0 Å². The van der Waals surface area contributed by atoms with Crippen LogP contribution >= 0.6 is 0 Å². The van der Waals surface area contributed by atoms with Crippen LogP contribution in [-0.2, 0) is 15.6 Å². The van der Waals surface area contributed by atoms with E-state index >= 15 is 0 Å². The molecule has 0 aliphatic heterocycles. The minimum atomic E-state index is -0.930. The standard InChI is InChI=1S/C11H20O3S/c1-2-9-4-3-5-10(8-9)15(14)7-6-11(12)13/h9-10H,2-8H2,1H3,(H,12,13). The van der Waals surface area contributed by atoms with Crippen molar-refractivity contribution in [2.45, 2.75) is 50.7 Å². The lowest BCUT2D eigenvalue weighted by molar-refractivity contribution is -0.136. The number of rotatable bonds is 5. The molecule has 1 aliphatic rings. The summed E-state index contributed by atoms with van der Waals surface area (Å²) in [5.74, 6) is 0.194. The van der Waals surface area contributed by atoms with Crippen molar-refractivity contribution in [1.29, 1.82) is 0 Å². The molecule has 15 heavy (non-hydrogen) atoms. The number of aliphatic carboxylic acids is 1. The molecule has 3 unspecified atom stereocenters. The Bertz CT molecular complexity index is 240. The average Bonchev–Trinajstić information content (AvgIpc) is 2.26. The molecule has 1 aliphatic carbocycles. The summed E-state index contributed by atoms with van der Waals surface area (Å²) < 4.78 is 11.8. The number of carbonyl (C=O) groups is 1. The van der Waals surface area contributed by atoms with Gasteiger partial charge >= 0.3 is 5.97 Å². The molecule has 4 heteroatoms. The van der Waals surface area contributed by atoms with Crippen LogP contribution in [0.2, 0.25) is 0 Å². The third kappa shape index (κ3) is 4.33. The number of hydrogen-bond acceptors (Lipinski definition) is 2. The Morgan fingerprint density at radius 2 is 2.20 bits per heavy atom. The molecule has 0 radical (unpaired) electrons. The van der Waals surface area contributed by atoms with Crippen molar-refractivity contribution in [1.82, 2.24) is 0 Å². The monoisotopic (exact) mass is 232 g/mol. The molecule has 0 aromatic heterocycles. The van der Waals surface area contributed by atoms with Gasteiger partial charge in [-0.25, -0.2) is 0 Å². The Morgan fingerprint density at radius 1 is 1.47 bits per heavy atom. The second kappa shape index (κ2) is 6.26. The predicted octanol–water partition coefficient (Wildman–Crippen LogP) is 2.18. The lowest BCUT2D eigenvalue weighted by atomic mass is 9.87. The van der Waals surface area contributed by atoms with E-state index < -0.39 is 16.8 Å². The van der Waals surface area contributed by atoms with Gasteiger partial charge in [-0.3, -0.25) is 9.00 Å². The fourth-order valence-electron chi connectivity index (χ4n) is 2.21. The van der Waals surface area contributed by atoms with Gasteiger partial charge in [-0.15, -0.1) is 0 Å². The quantitative estimate of drug-likeness (QED) is 0.790. The Kier molecular flexibility index (Phi) is 5.29. The molecule has 0 heterocycles. The summed E-state index contributed by atoms with van der Waals surface area (Å²) >= 11 is 0. The number of hydrogen-bond donors (Lipinski definition) is 1. The van der Waals surface area contributed by atoms with Crippen molar-refractivity contribution in [2.75, 3.05) is 5.75 Å². The number of carboxylic acids is 1. The van der Waals surface area contributed by atoms with Crippen LogP contribution in [0.1, 0.15) is 45.4 Å². The van der Waals surface area contributed by atoms with E-state index in [0.717, 1.165) is 25.7 Å². The first-order valence-corrected chi connectivity index (χ1v) is 7.10. The average molecular weight is 232 g/mol. The second-order valence-corrected chi connectivity index (χ2v) is 6.13. The zero-order valence-electron chi connectivity index (χ0n) is 9.28. The highest BCUT2D eigenvalue weighted by Crippen LogP contribution is 2.29. The Balaban J connectivity index is 2.35. The van der Waals surface area contributed by atoms with Gasteiger partial charge in [0.1, 0.15) is 0 Å². The summed E-state index contributed by atoms with van der Waals surface area (Å²) in [5, 5.41) is 8.78. The van der Waals surface area contributed by atoms with Gasteiger partial charge in [0.25, 0.3) is 0 Å². The van der Waals surface area contributed by atoms with E-state index in [2.05, 4.69) is 6.92 Å². The molecule has 1 saturated carbocycles. The van der Waals surface area contributed by atoms with Gasteiger partial charge < -0.3 is 5.11 Å². The van der Waals surface area contributed by atoms with Gasteiger partial charge in [0.05, 0.1) is 6.42 Å². The third-order valence-electron chi connectivity index (χ3n) is 3.20. The second-order valence-electron chi connectivity index (χ2n) is 4.29. The van der Waals surface area contributed by atoms with Gasteiger partial charge in [0, 0.05) is 21.8 Å². The van der Waals surface area contributed by atoms with Crippen molar-refractivity contribution in [3.63, 3.8) is 0 Å². The van der Waals surface area contributed by atoms with E-state index in [1.54, 1.807) is 0 Å². The van der Waals surface area contributed by atoms with Crippen LogP contribution in [0.5, 0.6) is 0 Å². The molecule has 3 nitrogen and oxygen atoms in total. The van der Waals surface area contributed by atoms with E-state index in [0.29, 0.717) is 11.7 Å². The lowest BCUT2D eigenvalue weighted by Gasteiger charge is -2.27. The molecule has 1 rings (SSSR count). The molecule has 1 fully saturated rings. The van der Waals surface area contributed by atoms with Crippen molar-refractivity contribution in [3.8, 4) is 0 Å². The summed E-state index contributed by atoms with van der Waals surface area (Å²) in [6, 6.07) is 0. The summed E-state index contributed by atoms with van der Waals surface area (Å²) in [6.45, 7) is 2.17. The molecular formula is C11H20O3S. The normalized spacial score (nSPS) is 28.6. The van der Waals surface area contributed by atoms with Crippen molar-refractivity contribution in [3.05, 3.63) is 0 Å². The van der Waals surface area contributed by atoms with E-state index in [1.807, 2.05) is 0 Å². The highest BCUT2D eigenvalue weighted by Gasteiger charge is 2.25. The molecule has 0 spiro atoms. The Labute approximate surface area is 93.7 Å². The zero-order chi connectivity index (χ0) is 11.3. The maximum Gasteiger partial charge on any atom is 0.304 e. The van der Waals surface area contributed by atoms with Crippen LogP contribution < -0.4 is 0 Å². The molecule has 1 N–H and O–H groups in total. The molecular weight excluding hydrogens is 212 g/mol. The molecule has 0 bridgehead atoms. The van der Waals surface area contributed by atoms with E-state index in [1.165, 1.54) is 6.42 Å². The first kappa shape index (κ1) is 12.7. The van der Waals surface area contributed by atoms with Gasteiger partial charge in [-0.05, 0) is 18.8 Å². The summed E-state index contributed by atoms with van der Waals surface area (Å²) in [5.41, 5.74) is 0. The smallest absolute Gasteiger partial charge is 0.304 e. The van der Waals surface area contributed by atoms with Crippen LogP contribution in [0.3, 0.4) is 0 Å². The first-order chi connectivity index (χ1) is 7.13.